The number of amides is 2. The summed E-state index contributed by atoms with van der Waals surface area (Å²) in [5, 5.41) is 37.4. The van der Waals surface area contributed by atoms with Gasteiger partial charge in [0.25, 0.3) is 11.8 Å². The fraction of sp³-hybridized carbons (Fsp3) is 0.231. The molecule has 11 rings (SSSR count). The van der Waals surface area contributed by atoms with Crippen LogP contribution in [0.5, 0.6) is 0 Å². The van der Waals surface area contributed by atoms with E-state index in [2.05, 4.69) is 37.7 Å². The number of carbonyl (C=O) groups excluding carboxylic acids is 3. The van der Waals surface area contributed by atoms with Crippen molar-refractivity contribution in [1.82, 2.24) is 40.2 Å². The Morgan fingerprint density at radius 3 is 1.48 bits per heavy atom. The molecule has 2 amide bonds. The number of carboxylic acids is 1. The SMILES string of the molecule is CC1CCCO1.COC(=O)c1cccc(C2(NC(=O)c3cncc4c3cnn4-c3ccc(F)cc3)CC2)c1.O=C(O)c1cccc(C2(NC(=O)c3cncc4c3cnn4-c3ccc(F)cc3)CC2)c1.OO.[Li+].[OH-]. The Morgan fingerprint density at radius 2 is 1.11 bits per heavy atom. The maximum atomic E-state index is 13.3. The molecule has 3 aliphatic rings. The fourth-order valence-electron chi connectivity index (χ4n) is 8.36. The summed E-state index contributed by atoms with van der Waals surface area (Å²) in [6, 6.07) is 25.6. The second kappa shape index (κ2) is 23.7. The molecule has 6 N–H and O–H groups in total. The number of aromatic carboxylic acids is 1. The summed E-state index contributed by atoms with van der Waals surface area (Å²) >= 11 is 0. The number of hydrogen-bond acceptors (Lipinski definition) is 13. The van der Waals surface area contributed by atoms with Gasteiger partial charge < -0.3 is 30.7 Å². The molecule has 18 nitrogen and oxygen atoms in total. The number of nitrogens with zero attached hydrogens (tertiary/aromatic N) is 6. The number of fused-ring (bicyclic) bond motifs is 2. The maximum absolute atomic E-state index is 13.3. The molecule has 0 radical (unpaired) electrons. The van der Waals surface area contributed by atoms with E-state index in [0.29, 0.717) is 56.0 Å². The number of pyridine rings is 2. The number of benzene rings is 4. The van der Waals surface area contributed by atoms with Gasteiger partial charge in [0.15, 0.2) is 0 Å². The molecule has 21 heteroatoms. The van der Waals surface area contributed by atoms with E-state index in [1.807, 2.05) is 12.1 Å². The first-order chi connectivity index (χ1) is 34.4. The molecular formula is C52H49F2LiN8O10. The topological polar surface area (TPSA) is 263 Å². The van der Waals surface area contributed by atoms with Gasteiger partial charge in [0.05, 0.1) is 93.7 Å². The van der Waals surface area contributed by atoms with Gasteiger partial charge in [-0.05, 0) is 129 Å². The summed E-state index contributed by atoms with van der Waals surface area (Å²) in [6.07, 6.45) is 15.5. The Hall–Kier alpha value is -7.70. The maximum Gasteiger partial charge on any atom is 1.00 e. The standard InChI is InChI=1S/C24H19FN4O3.C23H17FN4O3.C5H10O.Li.H2O2.H2O/c1-32-23(31)15-3-2-4-16(11-15)24(9-10-24)28-22(30)20-12-26-14-21-19(20)13-27-29(21)18-7-5-17(25)6-8-18;24-16-4-6-17(7-5-16)28-20-13-25-11-19(18(20)12-26-28)21(29)27-23(8-9-23)15-3-1-2-14(10-15)22(30)31;1-5-3-2-4-6-5;;1-2;/h2-8,11-14H,9-10H2,1H3,(H,28,30);1-7,10-13H,8-9H2,(H,27,29)(H,30,31);5H,2-4H2,1H3;;1-2H;1H2/q;;;+1;;/p-1. The van der Waals surface area contributed by atoms with Crippen LogP contribution in [0.4, 0.5) is 8.78 Å². The molecule has 1 unspecified atom stereocenters. The van der Waals surface area contributed by atoms with Crippen molar-refractivity contribution >= 4 is 45.6 Å². The van der Waals surface area contributed by atoms with Crippen molar-refractivity contribution in [3.63, 3.8) is 0 Å². The molecule has 372 valence electrons. The molecule has 4 aromatic heterocycles. The van der Waals surface area contributed by atoms with E-state index < -0.39 is 23.0 Å². The summed E-state index contributed by atoms with van der Waals surface area (Å²) in [6.45, 7) is 3.11. The summed E-state index contributed by atoms with van der Waals surface area (Å²) in [7, 11) is 1.34. The molecule has 0 spiro atoms. The van der Waals surface area contributed by atoms with Crippen LogP contribution < -0.4 is 29.5 Å². The summed E-state index contributed by atoms with van der Waals surface area (Å²) in [5.41, 5.74) is 4.47. The Balaban J connectivity index is 0.000000202. The monoisotopic (exact) mass is 990 g/mol. The fourth-order valence-corrected chi connectivity index (χ4v) is 8.36. The van der Waals surface area contributed by atoms with Crippen LogP contribution in [0.1, 0.15) is 98.0 Å². The van der Waals surface area contributed by atoms with E-state index in [1.54, 1.807) is 88.7 Å². The molecular weight excluding hydrogens is 942 g/mol. The predicted octanol–water partition coefficient (Wildman–Crippen LogP) is 5.47. The van der Waals surface area contributed by atoms with Crippen LogP contribution in [0.3, 0.4) is 0 Å². The molecule has 73 heavy (non-hydrogen) atoms. The molecule has 0 bridgehead atoms. The number of methoxy groups -OCH3 is 1. The molecule has 8 aromatic rings. The van der Waals surface area contributed by atoms with Gasteiger partial charge in [0, 0.05) is 29.8 Å². The third-order valence-electron chi connectivity index (χ3n) is 12.5. The Morgan fingerprint density at radius 1 is 0.671 bits per heavy atom. The largest absolute Gasteiger partial charge is 1.00 e. The quantitative estimate of drug-likeness (QED) is 0.0493. The third kappa shape index (κ3) is 12.2. The first-order valence-corrected chi connectivity index (χ1v) is 22.5. The predicted molar refractivity (Wildman–Crippen MR) is 257 cm³/mol. The van der Waals surface area contributed by atoms with E-state index in [-0.39, 0.29) is 53.3 Å². The van der Waals surface area contributed by atoms with Crippen molar-refractivity contribution in [2.24, 2.45) is 0 Å². The van der Waals surface area contributed by atoms with Crippen LogP contribution in [0, 0.1) is 11.6 Å². The van der Waals surface area contributed by atoms with Gasteiger partial charge >= 0.3 is 30.8 Å². The second-order valence-corrected chi connectivity index (χ2v) is 17.2. The molecule has 1 aliphatic heterocycles. The van der Waals surface area contributed by atoms with Crippen molar-refractivity contribution in [2.75, 3.05) is 13.7 Å². The smallest absolute Gasteiger partial charge is 0.870 e. The molecule has 2 aliphatic carbocycles. The van der Waals surface area contributed by atoms with Crippen molar-refractivity contribution in [3.8, 4) is 11.4 Å². The van der Waals surface area contributed by atoms with E-state index >= 15 is 0 Å². The van der Waals surface area contributed by atoms with Gasteiger partial charge in [-0.15, -0.1) is 0 Å². The number of aromatic nitrogens is 6. The number of esters is 1. The van der Waals surface area contributed by atoms with Gasteiger partial charge in [0.2, 0.25) is 0 Å². The Bertz CT molecular complexity index is 3230. The number of rotatable bonds is 10. The average Bonchev–Trinajstić information content (AvgIpc) is 4.16. The molecule has 1 atom stereocenters. The minimum atomic E-state index is -1.01. The zero-order chi connectivity index (χ0) is 50.3. The van der Waals surface area contributed by atoms with Gasteiger partial charge in [-0.1, -0.05) is 24.3 Å². The van der Waals surface area contributed by atoms with Gasteiger partial charge in [-0.2, -0.15) is 10.2 Å². The molecule has 3 fully saturated rings. The van der Waals surface area contributed by atoms with Gasteiger partial charge in [-0.25, -0.2) is 27.7 Å². The summed E-state index contributed by atoms with van der Waals surface area (Å²) in [5.74, 6) is -2.70. The van der Waals surface area contributed by atoms with Crippen molar-refractivity contribution in [1.29, 1.82) is 0 Å². The number of carboxylic acid groups (broad SMARTS) is 1. The first-order valence-electron chi connectivity index (χ1n) is 22.5. The Labute approximate surface area is 428 Å². The van der Waals surface area contributed by atoms with E-state index in [4.69, 9.17) is 20.0 Å². The van der Waals surface area contributed by atoms with E-state index in [9.17, 15) is 33.1 Å². The van der Waals surface area contributed by atoms with Crippen LogP contribution in [0.2, 0.25) is 0 Å². The van der Waals surface area contributed by atoms with Crippen LogP contribution in [0.15, 0.2) is 134 Å². The normalized spacial score (nSPS) is 15.2. The number of halogens is 2. The number of carbonyl (C=O) groups is 4. The van der Waals surface area contributed by atoms with E-state index in [0.717, 1.165) is 43.4 Å². The van der Waals surface area contributed by atoms with Crippen LogP contribution in [-0.2, 0) is 20.6 Å². The van der Waals surface area contributed by atoms with E-state index in [1.165, 1.54) is 62.7 Å². The number of hydrogen-bond donors (Lipinski definition) is 5. The molecule has 5 heterocycles. The zero-order valence-electron chi connectivity index (χ0n) is 39.9. The minimum absolute atomic E-state index is 0. The summed E-state index contributed by atoms with van der Waals surface area (Å²) in [4.78, 5) is 58.0. The summed E-state index contributed by atoms with van der Waals surface area (Å²) < 4.78 is 39.7. The van der Waals surface area contributed by atoms with Crippen LogP contribution in [-0.4, -0.2) is 94.2 Å². The zero-order valence-corrected chi connectivity index (χ0v) is 39.9. The number of ether oxygens (including phenoxy) is 2. The minimum Gasteiger partial charge on any atom is -0.870 e. The van der Waals surface area contributed by atoms with Gasteiger partial charge in [0.1, 0.15) is 11.6 Å². The first kappa shape index (κ1) is 54.6. The Kier molecular flexibility index (Phi) is 17.7. The number of nitrogens with one attached hydrogen (secondary N) is 2. The van der Waals surface area contributed by atoms with Gasteiger partial charge in [-0.3, -0.25) is 30.1 Å². The van der Waals surface area contributed by atoms with Crippen molar-refractivity contribution < 1.29 is 77.4 Å². The average molecular weight is 991 g/mol. The molecule has 1 saturated heterocycles. The third-order valence-corrected chi connectivity index (χ3v) is 12.5. The van der Waals surface area contributed by atoms with Crippen LogP contribution >= 0.6 is 0 Å². The molecule has 2 saturated carbocycles. The van der Waals surface area contributed by atoms with Crippen molar-refractivity contribution in [3.05, 3.63) is 179 Å². The molecule has 4 aromatic carbocycles. The second-order valence-electron chi connectivity index (χ2n) is 17.2. The van der Waals surface area contributed by atoms with Crippen LogP contribution in [0.25, 0.3) is 33.2 Å². The van der Waals surface area contributed by atoms with Crippen molar-refractivity contribution in [2.45, 2.75) is 62.6 Å².